The van der Waals surface area contributed by atoms with Crippen LogP contribution < -0.4 is 5.32 Å². The number of rotatable bonds is 3. The zero-order chi connectivity index (χ0) is 15.5. The zero-order valence-corrected chi connectivity index (χ0v) is 13.8. The number of piperazine rings is 1. The Morgan fingerprint density at radius 2 is 1.73 bits per heavy atom. The van der Waals surface area contributed by atoms with Crippen molar-refractivity contribution in [3.05, 3.63) is 64.5 Å². The molecule has 0 amide bonds. The molecule has 3 rings (SSSR count). The average molecular weight is 295 g/mol. The lowest BCUT2D eigenvalue weighted by atomic mass is 9.90. The van der Waals surface area contributed by atoms with E-state index in [0.29, 0.717) is 0 Å². The van der Waals surface area contributed by atoms with Crippen LogP contribution in [0, 0.1) is 20.8 Å². The largest absolute Gasteiger partial charge is 0.314 e. The van der Waals surface area contributed by atoms with E-state index in [-0.39, 0.29) is 6.04 Å². The van der Waals surface area contributed by atoms with Gasteiger partial charge in [0.15, 0.2) is 0 Å². The summed E-state index contributed by atoms with van der Waals surface area (Å²) in [6.07, 6.45) is 1.91. The first-order chi connectivity index (χ1) is 10.7. The summed E-state index contributed by atoms with van der Waals surface area (Å²) in [6, 6.07) is 11.1. The molecule has 1 N–H and O–H groups in total. The summed E-state index contributed by atoms with van der Waals surface area (Å²) < 4.78 is 0. The fraction of sp³-hybridized carbons (Fsp3) is 0.421. The molecule has 2 heterocycles. The van der Waals surface area contributed by atoms with Gasteiger partial charge in [0.2, 0.25) is 0 Å². The third-order valence-electron chi connectivity index (χ3n) is 4.50. The summed E-state index contributed by atoms with van der Waals surface area (Å²) in [4.78, 5) is 7.23. The van der Waals surface area contributed by atoms with E-state index in [2.05, 4.69) is 60.2 Å². The van der Waals surface area contributed by atoms with Gasteiger partial charge in [-0.2, -0.15) is 0 Å². The summed E-state index contributed by atoms with van der Waals surface area (Å²) in [6.45, 7) is 10.9. The van der Waals surface area contributed by atoms with Crippen molar-refractivity contribution in [2.24, 2.45) is 0 Å². The van der Waals surface area contributed by atoms with Crippen LogP contribution in [0.25, 0.3) is 0 Å². The Bertz CT molecular complexity index is 607. The Balaban J connectivity index is 2.09. The van der Waals surface area contributed by atoms with Crippen molar-refractivity contribution < 1.29 is 0 Å². The summed E-state index contributed by atoms with van der Waals surface area (Å²) in [5.74, 6) is 0. The summed E-state index contributed by atoms with van der Waals surface area (Å²) >= 11 is 0. The van der Waals surface area contributed by atoms with Gasteiger partial charge < -0.3 is 5.32 Å². The molecule has 1 unspecified atom stereocenters. The first kappa shape index (κ1) is 15.2. The first-order valence-electron chi connectivity index (χ1n) is 8.10. The number of hydrogen-bond acceptors (Lipinski definition) is 3. The highest BCUT2D eigenvalue weighted by Crippen LogP contribution is 2.32. The molecule has 22 heavy (non-hydrogen) atoms. The Labute approximate surface area is 133 Å². The van der Waals surface area contributed by atoms with Crippen LogP contribution >= 0.6 is 0 Å². The van der Waals surface area contributed by atoms with Gasteiger partial charge in [-0.05, 0) is 49.6 Å². The molecule has 1 atom stereocenters. The number of nitrogens with zero attached hydrogens (tertiary/aromatic N) is 2. The van der Waals surface area contributed by atoms with E-state index in [1.54, 1.807) is 0 Å². The molecule has 0 aliphatic carbocycles. The second-order valence-electron chi connectivity index (χ2n) is 6.26. The lowest BCUT2D eigenvalue weighted by molar-refractivity contribution is 0.194. The van der Waals surface area contributed by atoms with Crippen LogP contribution in [0.1, 0.15) is 34.0 Å². The molecule has 3 nitrogen and oxygen atoms in total. The molecule has 0 bridgehead atoms. The minimum atomic E-state index is 0.254. The molecule has 116 valence electrons. The van der Waals surface area contributed by atoms with Gasteiger partial charge in [-0.3, -0.25) is 9.88 Å². The summed E-state index contributed by atoms with van der Waals surface area (Å²) in [7, 11) is 0. The van der Waals surface area contributed by atoms with E-state index in [1.807, 2.05) is 12.3 Å². The third kappa shape index (κ3) is 3.06. The van der Waals surface area contributed by atoms with Gasteiger partial charge in [-0.25, -0.2) is 0 Å². The second kappa shape index (κ2) is 6.59. The van der Waals surface area contributed by atoms with Crippen LogP contribution in [0.4, 0.5) is 0 Å². The van der Waals surface area contributed by atoms with Crippen LogP contribution in [-0.4, -0.2) is 36.1 Å². The number of benzene rings is 1. The van der Waals surface area contributed by atoms with Gasteiger partial charge in [0.05, 0.1) is 11.7 Å². The predicted molar refractivity (Wildman–Crippen MR) is 91.2 cm³/mol. The molecule has 0 spiro atoms. The minimum Gasteiger partial charge on any atom is -0.314 e. The fourth-order valence-electron chi connectivity index (χ4n) is 3.62. The van der Waals surface area contributed by atoms with Crippen molar-refractivity contribution in [3.63, 3.8) is 0 Å². The van der Waals surface area contributed by atoms with Gasteiger partial charge in [-0.15, -0.1) is 0 Å². The van der Waals surface area contributed by atoms with Gasteiger partial charge in [0.25, 0.3) is 0 Å². The molecule has 1 saturated heterocycles. The SMILES string of the molecule is Cc1cc(C)c(C(c2ccccn2)N2CCNCC2)c(C)c1. The maximum atomic E-state index is 4.67. The average Bonchev–Trinajstić information content (AvgIpc) is 2.52. The molecule has 0 saturated carbocycles. The van der Waals surface area contributed by atoms with E-state index in [1.165, 1.54) is 22.3 Å². The molecule has 0 radical (unpaired) electrons. The maximum Gasteiger partial charge on any atom is 0.0782 e. The van der Waals surface area contributed by atoms with Crippen LogP contribution in [-0.2, 0) is 0 Å². The predicted octanol–water partition coefficient (Wildman–Crippen LogP) is 3.00. The highest BCUT2D eigenvalue weighted by molar-refractivity contribution is 5.43. The molecule has 1 aromatic heterocycles. The van der Waals surface area contributed by atoms with Gasteiger partial charge in [-0.1, -0.05) is 23.8 Å². The molecule has 1 aromatic carbocycles. The van der Waals surface area contributed by atoms with Crippen molar-refractivity contribution in [3.8, 4) is 0 Å². The normalized spacial score (nSPS) is 17.4. The Kier molecular flexibility index (Phi) is 4.55. The topological polar surface area (TPSA) is 28.2 Å². The summed E-state index contributed by atoms with van der Waals surface area (Å²) in [5, 5.41) is 3.45. The maximum absolute atomic E-state index is 4.67. The number of aromatic nitrogens is 1. The van der Waals surface area contributed by atoms with Crippen molar-refractivity contribution >= 4 is 0 Å². The number of pyridine rings is 1. The van der Waals surface area contributed by atoms with Crippen LogP contribution in [0.5, 0.6) is 0 Å². The van der Waals surface area contributed by atoms with E-state index < -0.39 is 0 Å². The third-order valence-corrected chi connectivity index (χ3v) is 4.50. The Morgan fingerprint density at radius 3 is 2.32 bits per heavy atom. The van der Waals surface area contributed by atoms with Crippen molar-refractivity contribution in [1.29, 1.82) is 0 Å². The molecule has 2 aromatic rings. The zero-order valence-electron chi connectivity index (χ0n) is 13.8. The standard InChI is InChI=1S/C19H25N3/c1-14-12-15(2)18(16(3)13-14)19(17-6-4-5-7-21-17)22-10-8-20-9-11-22/h4-7,12-13,19-20H,8-11H2,1-3H3. The van der Waals surface area contributed by atoms with Crippen LogP contribution in [0.3, 0.4) is 0 Å². The fourth-order valence-corrected chi connectivity index (χ4v) is 3.62. The van der Waals surface area contributed by atoms with Gasteiger partial charge >= 0.3 is 0 Å². The number of nitrogens with one attached hydrogen (secondary N) is 1. The lowest BCUT2D eigenvalue weighted by Gasteiger charge is -2.36. The highest BCUT2D eigenvalue weighted by atomic mass is 15.2. The number of hydrogen-bond donors (Lipinski definition) is 1. The molecule has 1 fully saturated rings. The Hall–Kier alpha value is -1.71. The molecular weight excluding hydrogens is 270 g/mol. The van der Waals surface area contributed by atoms with Gasteiger partial charge in [0, 0.05) is 32.4 Å². The monoisotopic (exact) mass is 295 g/mol. The molecule has 1 aliphatic rings. The van der Waals surface area contributed by atoms with E-state index in [9.17, 15) is 0 Å². The van der Waals surface area contributed by atoms with E-state index in [0.717, 1.165) is 31.9 Å². The van der Waals surface area contributed by atoms with Crippen LogP contribution in [0.15, 0.2) is 36.5 Å². The highest BCUT2D eigenvalue weighted by Gasteiger charge is 2.27. The van der Waals surface area contributed by atoms with Crippen LogP contribution in [0.2, 0.25) is 0 Å². The van der Waals surface area contributed by atoms with Crippen molar-refractivity contribution in [1.82, 2.24) is 15.2 Å². The molecular formula is C19H25N3. The summed E-state index contributed by atoms with van der Waals surface area (Å²) in [5.41, 5.74) is 6.64. The van der Waals surface area contributed by atoms with Crippen molar-refractivity contribution in [2.45, 2.75) is 26.8 Å². The van der Waals surface area contributed by atoms with E-state index >= 15 is 0 Å². The number of aryl methyl sites for hydroxylation is 3. The van der Waals surface area contributed by atoms with Crippen molar-refractivity contribution in [2.75, 3.05) is 26.2 Å². The Morgan fingerprint density at radius 1 is 1.05 bits per heavy atom. The first-order valence-corrected chi connectivity index (χ1v) is 8.10. The van der Waals surface area contributed by atoms with Gasteiger partial charge in [0.1, 0.15) is 0 Å². The second-order valence-corrected chi connectivity index (χ2v) is 6.26. The minimum absolute atomic E-state index is 0.254. The lowest BCUT2D eigenvalue weighted by Crippen LogP contribution is -2.45. The van der Waals surface area contributed by atoms with E-state index in [4.69, 9.17) is 0 Å². The molecule has 1 aliphatic heterocycles. The molecule has 3 heteroatoms. The smallest absolute Gasteiger partial charge is 0.0782 e. The quantitative estimate of drug-likeness (QED) is 0.943.